The second kappa shape index (κ2) is 10.2. The smallest absolute Gasteiger partial charge is 0.270 e. The summed E-state index contributed by atoms with van der Waals surface area (Å²) >= 11 is 0. The number of hydrogen-bond donors (Lipinski definition) is 3. The third-order valence-electron chi connectivity index (χ3n) is 4.51. The van der Waals surface area contributed by atoms with E-state index < -0.39 is 5.91 Å². The molecule has 0 radical (unpaired) electrons. The summed E-state index contributed by atoms with van der Waals surface area (Å²) in [6.45, 7) is 2.31. The van der Waals surface area contributed by atoms with E-state index in [0.717, 1.165) is 11.1 Å². The van der Waals surface area contributed by atoms with E-state index in [1.54, 1.807) is 37.5 Å². The number of likely N-dealkylation sites (N-methyl/N-ethyl adjacent to an activating group) is 1. The number of aromatic nitrogens is 1. The highest BCUT2D eigenvalue weighted by Crippen LogP contribution is 2.22. The van der Waals surface area contributed by atoms with Gasteiger partial charge in [0.05, 0.1) is 6.54 Å². The molecule has 0 aromatic carbocycles. The van der Waals surface area contributed by atoms with Gasteiger partial charge in [-0.25, -0.2) is 0 Å². The van der Waals surface area contributed by atoms with Crippen LogP contribution in [0, 0.1) is 6.92 Å². The number of amides is 2. The van der Waals surface area contributed by atoms with Crippen LogP contribution >= 0.6 is 0 Å². The van der Waals surface area contributed by atoms with E-state index in [9.17, 15) is 14.4 Å². The van der Waals surface area contributed by atoms with Gasteiger partial charge >= 0.3 is 0 Å². The first-order chi connectivity index (χ1) is 14.2. The number of aldehydes is 1. The van der Waals surface area contributed by atoms with E-state index in [4.69, 9.17) is 11.5 Å². The van der Waals surface area contributed by atoms with Gasteiger partial charge < -0.3 is 26.6 Å². The molecular formula is C21H28N6O3. The molecule has 0 atom stereocenters. The molecule has 0 aliphatic carbocycles. The fourth-order valence-electron chi connectivity index (χ4n) is 3.06. The predicted octanol–water partition coefficient (Wildman–Crippen LogP) is 0.243. The molecule has 0 spiro atoms. The number of rotatable bonds is 7. The van der Waals surface area contributed by atoms with Crippen LogP contribution in [0.25, 0.3) is 5.70 Å². The second-order valence-electron chi connectivity index (χ2n) is 7.26. The van der Waals surface area contributed by atoms with E-state index in [-0.39, 0.29) is 24.0 Å². The minimum atomic E-state index is -0.399. The van der Waals surface area contributed by atoms with E-state index in [0.29, 0.717) is 36.9 Å². The van der Waals surface area contributed by atoms with Gasteiger partial charge in [-0.05, 0) is 43.5 Å². The molecule has 1 aromatic heterocycles. The van der Waals surface area contributed by atoms with Gasteiger partial charge in [-0.1, -0.05) is 0 Å². The lowest BCUT2D eigenvalue weighted by molar-refractivity contribution is -0.127. The van der Waals surface area contributed by atoms with Crippen molar-refractivity contribution in [1.82, 2.24) is 20.1 Å². The molecule has 1 aliphatic rings. The molecule has 160 valence electrons. The van der Waals surface area contributed by atoms with Gasteiger partial charge in [-0.2, -0.15) is 0 Å². The summed E-state index contributed by atoms with van der Waals surface area (Å²) in [5.74, 6) is -0.597. The van der Waals surface area contributed by atoms with Crippen molar-refractivity contribution in [3.63, 3.8) is 0 Å². The van der Waals surface area contributed by atoms with Crippen molar-refractivity contribution >= 4 is 23.8 Å². The Morgan fingerprint density at radius 1 is 1.27 bits per heavy atom. The van der Waals surface area contributed by atoms with Crippen LogP contribution in [-0.2, 0) is 14.4 Å². The highest BCUT2D eigenvalue weighted by atomic mass is 16.2. The Hall–Kier alpha value is -3.62. The minimum Gasteiger partial charge on any atom is -0.398 e. The molecule has 2 amide bonds. The van der Waals surface area contributed by atoms with Crippen LogP contribution in [0.4, 0.5) is 0 Å². The Balaban J connectivity index is 2.08. The van der Waals surface area contributed by atoms with Gasteiger partial charge in [0.15, 0.2) is 0 Å². The van der Waals surface area contributed by atoms with Crippen molar-refractivity contribution in [2.45, 2.75) is 19.8 Å². The third kappa shape index (κ3) is 5.94. The number of nitrogens with one attached hydrogen (secondary N) is 1. The van der Waals surface area contributed by atoms with Crippen molar-refractivity contribution in [2.75, 3.05) is 27.2 Å². The molecular weight excluding hydrogens is 384 g/mol. The zero-order valence-corrected chi connectivity index (χ0v) is 17.5. The van der Waals surface area contributed by atoms with Gasteiger partial charge in [0.1, 0.15) is 17.8 Å². The fraction of sp³-hybridized carbons (Fsp3) is 0.333. The number of nitrogens with zero attached hydrogens (tertiary/aromatic N) is 3. The molecule has 9 heteroatoms. The first-order valence-electron chi connectivity index (χ1n) is 9.52. The van der Waals surface area contributed by atoms with Crippen molar-refractivity contribution in [3.8, 4) is 0 Å². The number of pyridine rings is 1. The second-order valence-corrected chi connectivity index (χ2v) is 7.26. The summed E-state index contributed by atoms with van der Waals surface area (Å²) in [7, 11) is 3.21. The predicted molar refractivity (Wildman–Crippen MR) is 114 cm³/mol. The fourth-order valence-corrected chi connectivity index (χ4v) is 3.06. The quantitative estimate of drug-likeness (QED) is 0.431. The van der Waals surface area contributed by atoms with E-state index in [1.165, 1.54) is 11.0 Å². The normalized spacial score (nSPS) is 15.1. The largest absolute Gasteiger partial charge is 0.398 e. The van der Waals surface area contributed by atoms with E-state index >= 15 is 0 Å². The average molecular weight is 412 g/mol. The van der Waals surface area contributed by atoms with E-state index in [2.05, 4.69) is 10.3 Å². The summed E-state index contributed by atoms with van der Waals surface area (Å²) in [5, 5.41) is 2.57. The molecule has 30 heavy (non-hydrogen) atoms. The van der Waals surface area contributed by atoms with Crippen LogP contribution in [0.2, 0.25) is 0 Å². The zero-order valence-electron chi connectivity index (χ0n) is 17.5. The van der Waals surface area contributed by atoms with Crippen LogP contribution in [0.5, 0.6) is 0 Å². The van der Waals surface area contributed by atoms with Crippen LogP contribution in [0.1, 0.15) is 24.0 Å². The monoisotopic (exact) mass is 412 g/mol. The van der Waals surface area contributed by atoms with Crippen LogP contribution in [0.15, 0.2) is 47.7 Å². The highest BCUT2D eigenvalue weighted by molar-refractivity contribution is 5.99. The molecule has 2 rings (SSSR count). The number of aryl methyl sites for hydroxylation is 1. The average Bonchev–Trinajstić information content (AvgIpc) is 2.71. The summed E-state index contributed by atoms with van der Waals surface area (Å²) in [6.07, 6.45) is 8.31. The highest BCUT2D eigenvalue weighted by Gasteiger charge is 2.28. The Morgan fingerprint density at radius 3 is 2.63 bits per heavy atom. The number of allylic oxidation sites excluding steroid dienone is 3. The maximum Gasteiger partial charge on any atom is 0.270 e. The number of nitrogens with two attached hydrogens (primary N) is 2. The lowest BCUT2D eigenvalue weighted by atomic mass is 10.0. The van der Waals surface area contributed by atoms with Crippen LogP contribution < -0.4 is 16.8 Å². The van der Waals surface area contributed by atoms with E-state index in [1.807, 2.05) is 13.0 Å². The topological polar surface area (TPSA) is 135 Å². The van der Waals surface area contributed by atoms with Gasteiger partial charge in [-0.3, -0.25) is 19.4 Å². The first kappa shape index (κ1) is 22.7. The molecule has 0 saturated carbocycles. The Bertz CT molecular complexity index is 917. The summed E-state index contributed by atoms with van der Waals surface area (Å²) < 4.78 is 0. The zero-order chi connectivity index (χ0) is 22.3. The van der Waals surface area contributed by atoms with Gasteiger partial charge in [-0.15, -0.1) is 0 Å². The molecule has 0 bridgehead atoms. The molecule has 9 nitrogen and oxygen atoms in total. The third-order valence-corrected chi connectivity index (χ3v) is 4.51. The Morgan fingerprint density at radius 2 is 2.00 bits per heavy atom. The minimum absolute atomic E-state index is 0.0954. The summed E-state index contributed by atoms with van der Waals surface area (Å²) in [4.78, 5) is 43.4. The Kier molecular flexibility index (Phi) is 7.74. The van der Waals surface area contributed by atoms with Crippen LogP contribution in [-0.4, -0.2) is 60.1 Å². The molecule has 1 aliphatic heterocycles. The van der Waals surface area contributed by atoms with Crippen molar-refractivity contribution in [3.05, 3.63) is 58.8 Å². The maximum absolute atomic E-state index is 12.5. The lowest BCUT2D eigenvalue weighted by Gasteiger charge is -2.32. The standard InChI is InChI=1S/C21H28N6O3/c1-14-9-16(11-24-10-14)17(22)6-7-18(23)25-19(29)12-27-8-4-5-15(13-28)20(27)21(30)26(2)3/h6-7,9-11,13H,4-5,8,12,22-23H2,1-3H3,(H,25,29)/b17-6-,18-7+. The van der Waals surface area contributed by atoms with Crippen molar-refractivity contribution in [1.29, 1.82) is 0 Å². The summed E-state index contributed by atoms with van der Waals surface area (Å²) in [6, 6.07) is 1.89. The van der Waals surface area contributed by atoms with Crippen LogP contribution in [0.3, 0.4) is 0 Å². The maximum atomic E-state index is 12.5. The molecule has 0 fully saturated rings. The van der Waals surface area contributed by atoms with Crippen molar-refractivity contribution in [2.24, 2.45) is 11.5 Å². The lowest BCUT2D eigenvalue weighted by Crippen LogP contribution is -2.44. The number of carbonyl (C=O) groups is 3. The first-order valence-corrected chi connectivity index (χ1v) is 9.52. The summed E-state index contributed by atoms with van der Waals surface area (Å²) in [5.41, 5.74) is 14.7. The number of hydrogen-bond acceptors (Lipinski definition) is 7. The van der Waals surface area contributed by atoms with Crippen molar-refractivity contribution < 1.29 is 14.4 Å². The molecule has 0 saturated heterocycles. The molecule has 0 unspecified atom stereocenters. The van der Waals surface area contributed by atoms with Gasteiger partial charge in [0.2, 0.25) is 5.91 Å². The SMILES string of the molecule is Cc1cncc(/C(N)=C/C=C(\N)NC(=O)CN2CCCC(C=O)=C2C(=O)N(C)C)c1. The van der Waals surface area contributed by atoms with Gasteiger partial charge in [0, 0.05) is 49.9 Å². The number of carbonyl (C=O) groups excluding carboxylic acids is 3. The Labute approximate surface area is 176 Å². The van der Waals surface area contributed by atoms with Gasteiger partial charge in [0.25, 0.3) is 5.91 Å². The molecule has 2 heterocycles. The molecule has 1 aromatic rings. The molecule has 5 N–H and O–H groups in total.